The standard InChI is InChI=1S/C20H21N3O3/c1-12-16(15-6-4-5-7-17(15)21-12)11-20(25)23-14-8-9-19(26-3)18(10-14)22-13(2)24/h4-10,21H,11H2,1-3H3,(H,22,24)(H,23,25). The van der Waals surface area contributed by atoms with Gasteiger partial charge in [-0.05, 0) is 36.8 Å². The van der Waals surface area contributed by atoms with Crippen LogP contribution < -0.4 is 15.4 Å². The minimum atomic E-state index is -0.207. The molecule has 2 aromatic carbocycles. The lowest BCUT2D eigenvalue weighted by atomic mass is 10.1. The number of H-pyrrole nitrogens is 1. The van der Waals surface area contributed by atoms with Crippen LogP contribution in [-0.2, 0) is 16.0 Å². The summed E-state index contributed by atoms with van der Waals surface area (Å²) in [6.45, 7) is 3.38. The van der Waals surface area contributed by atoms with Crippen molar-refractivity contribution in [3.8, 4) is 5.75 Å². The fraction of sp³-hybridized carbons (Fsp3) is 0.200. The summed E-state index contributed by atoms with van der Waals surface area (Å²) in [5.74, 6) is 0.198. The third-order valence-corrected chi connectivity index (χ3v) is 4.16. The van der Waals surface area contributed by atoms with E-state index in [9.17, 15) is 9.59 Å². The van der Waals surface area contributed by atoms with Crippen LogP contribution in [0.5, 0.6) is 5.75 Å². The normalized spacial score (nSPS) is 10.6. The molecule has 0 fully saturated rings. The van der Waals surface area contributed by atoms with Crippen LogP contribution in [0.3, 0.4) is 0 Å². The van der Waals surface area contributed by atoms with Crippen molar-refractivity contribution in [3.05, 3.63) is 53.7 Å². The van der Waals surface area contributed by atoms with Gasteiger partial charge in [-0.3, -0.25) is 9.59 Å². The quantitative estimate of drug-likeness (QED) is 0.656. The van der Waals surface area contributed by atoms with Gasteiger partial charge in [-0.15, -0.1) is 0 Å². The second-order valence-electron chi connectivity index (χ2n) is 6.10. The smallest absolute Gasteiger partial charge is 0.228 e. The predicted octanol–water partition coefficient (Wildman–Crippen LogP) is 3.62. The molecular formula is C20H21N3O3. The van der Waals surface area contributed by atoms with Gasteiger partial charge in [0.1, 0.15) is 5.75 Å². The number of aromatic nitrogens is 1. The van der Waals surface area contributed by atoms with Gasteiger partial charge in [-0.1, -0.05) is 18.2 Å². The van der Waals surface area contributed by atoms with E-state index in [1.165, 1.54) is 14.0 Å². The van der Waals surface area contributed by atoms with Crippen LogP contribution in [0.1, 0.15) is 18.2 Å². The lowest BCUT2D eigenvalue weighted by molar-refractivity contribution is -0.115. The van der Waals surface area contributed by atoms with Crippen LogP contribution in [0.15, 0.2) is 42.5 Å². The molecule has 0 spiro atoms. The summed E-state index contributed by atoms with van der Waals surface area (Å²) in [4.78, 5) is 27.1. The number of anilines is 2. The lowest BCUT2D eigenvalue weighted by Gasteiger charge is -2.12. The number of rotatable bonds is 5. The van der Waals surface area contributed by atoms with Crippen molar-refractivity contribution in [2.45, 2.75) is 20.3 Å². The Labute approximate surface area is 151 Å². The zero-order valence-corrected chi connectivity index (χ0v) is 15.0. The maximum absolute atomic E-state index is 12.5. The Morgan fingerprint density at radius 3 is 2.62 bits per heavy atom. The van der Waals surface area contributed by atoms with E-state index in [2.05, 4.69) is 15.6 Å². The number of carbonyl (C=O) groups is 2. The van der Waals surface area contributed by atoms with Crippen LogP contribution in [0, 0.1) is 6.92 Å². The number of amides is 2. The summed E-state index contributed by atoms with van der Waals surface area (Å²) in [5.41, 5.74) is 4.09. The van der Waals surface area contributed by atoms with Gasteiger partial charge in [0.15, 0.2) is 0 Å². The number of fused-ring (bicyclic) bond motifs is 1. The zero-order valence-electron chi connectivity index (χ0n) is 15.0. The molecule has 0 saturated carbocycles. The summed E-state index contributed by atoms with van der Waals surface area (Å²) in [6.07, 6.45) is 0.261. The topological polar surface area (TPSA) is 83.2 Å². The molecule has 0 atom stereocenters. The molecule has 0 radical (unpaired) electrons. The van der Waals surface area contributed by atoms with Gasteiger partial charge in [0, 0.05) is 29.2 Å². The van der Waals surface area contributed by atoms with E-state index in [-0.39, 0.29) is 18.2 Å². The minimum absolute atomic E-state index is 0.128. The van der Waals surface area contributed by atoms with Crippen molar-refractivity contribution in [1.29, 1.82) is 0 Å². The summed E-state index contributed by atoms with van der Waals surface area (Å²) in [6, 6.07) is 13.0. The maximum atomic E-state index is 12.5. The Bertz CT molecular complexity index is 976. The van der Waals surface area contributed by atoms with Gasteiger partial charge < -0.3 is 20.4 Å². The first-order valence-corrected chi connectivity index (χ1v) is 8.29. The molecule has 0 aliphatic heterocycles. The average molecular weight is 351 g/mol. The van der Waals surface area contributed by atoms with Gasteiger partial charge in [-0.2, -0.15) is 0 Å². The van der Waals surface area contributed by atoms with Crippen molar-refractivity contribution < 1.29 is 14.3 Å². The van der Waals surface area contributed by atoms with Crippen LogP contribution >= 0.6 is 0 Å². The van der Waals surface area contributed by atoms with E-state index in [1.807, 2.05) is 31.2 Å². The molecule has 0 bridgehead atoms. The van der Waals surface area contributed by atoms with E-state index in [1.54, 1.807) is 18.2 Å². The fourth-order valence-electron chi connectivity index (χ4n) is 3.00. The number of methoxy groups -OCH3 is 1. The largest absolute Gasteiger partial charge is 0.495 e. The second kappa shape index (κ2) is 7.31. The molecule has 3 N–H and O–H groups in total. The molecular weight excluding hydrogens is 330 g/mol. The Hall–Kier alpha value is -3.28. The van der Waals surface area contributed by atoms with Crippen LogP contribution in [0.25, 0.3) is 10.9 Å². The highest BCUT2D eigenvalue weighted by atomic mass is 16.5. The molecule has 3 rings (SSSR count). The van der Waals surface area contributed by atoms with Crippen molar-refractivity contribution in [2.75, 3.05) is 17.7 Å². The van der Waals surface area contributed by atoms with Crippen LogP contribution in [0.2, 0.25) is 0 Å². The molecule has 26 heavy (non-hydrogen) atoms. The molecule has 134 valence electrons. The van der Waals surface area contributed by atoms with E-state index < -0.39 is 0 Å². The first kappa shape index (κ1) is 17.5. The predicted molar refractivity (Wildman–Crippen MR) is 103 cm³/mol. The van der Waals surface area contributed by atoms with Crippen LogP contribution in [-0.4, -0.2) is 23.9 Å². The van der Waals surface area contributed by atoms with Gasteiger partial charge in [0.25, 0.3) is 0 Å². The summed E-state index contributed by atoms with van der Waals surface area (Å²) in [5, 5.41) is 6.62. The van der Waals surface area contributed by atoms with Crippen molar-refractivity contribution in [1.82, 2.24) is 4.98 Å². The number of benzene rings is 2. The molecule has 0 saturated heterocycles. The van der Waals surface area contributed by atoms with Gasteiger partial charge in [0.2, 0.25) is 11.8 Å². The highest BCUT2D eigenvalue weighted by Gasteiger charge is 2.13. The zero-order chi connectivity index (χ0) is 18.7. The highest BCUT2D eigenvalue weighted by molar-refractivity contribution is 5.98. The number of para-hydroxylation sites is 1. The first-order chi connectivity index (χ1) is 12.5. The lowest BCUT2D eigenvalue weighted by Crippen LogP contribution is -2.15. The average Bonchev–Trinajstić information content (AvgIpc) is 2.90. The molecule has 1 heterocycles. The van der Waals surface area contributed by atoms with Crippen molar-refractivity contribution >= 4 is 34.1 Å². The highest BCUT2D eigenvalue weighted by Crippen LogP contribution is 2.28. The number of aryl methyl sites for hydroxylation is 1. The number of nitrogens with one attached hydrogen (secondary N) is 3. The fourth-order valence-corrected chi connectivity index (χ4v) is 3.00. The van der Waals surface area contributed by atoms with E-state index in [4.69, 9.17) is 4.74 Å². The summed E-state index contributed by atoms with van der Waals surface area (Å²) in [7, 11) is 1.53. The molecule has 0 unspecified atom stereocenters. The molecule has 3 aromatic rings. The molecule has 0 aliphatic carbocycles. The van der Waals surface area contributed by atoms with E-state index in [0.717, 1.165) is 22.2 Å². The van der Waals surface area contributed by atoms with Gasteiger partial charge in [-0.25, -0.2) is 0 Å². The SMILES string of the molecule is COc1ccc(NC(=O)Cc2c(C)[nH]c3ccccc23)cc1NC(C)=O. The van der Waals surface area contributed by atoms with Gasteiger partial charge in [0.05, 0.1) is 19.2 Å². The van der Waals surface area contributed by atoms with E-state index in [0.29, 0.717) is 17.1 Å². The van der Waals surface area contributed by atoms with Crippen LogP contribution in [0.4, 0.5) is 11.4 Å². The third kappa shape index (κ3) is 3.69. The van der Waals surface area contributed by atoms with Crippen molar-refractivity contribution in [3.63, 3.8) is 0 Å². The number of aromatic amines is 1. The third-order valence-electron chi connectivity index (χ3n) is 4.16. The summed E-state index contributed by atoms with van der Waals surface area (Å²) < 4.78 is 5.22. The molecule has 6 nitrogen and oxygen atoms in total. The number of hydrogen-bond acceptors (Lipinski definition) is 3. The van der Waals surface area contributed by atoms with Crippen molar-refractivity contribution in [2.24, 2.45) is 0 Å². The van der Waals surface area contributed by atoms with E-state index >= 15 is 0 Å². The Morgan fingerprint density at radius 2 is 1.88 bits per heavy atom. The molecule has 6 heteroatoms. The monoisotopic (exact) mass is 351 g/mol. The molecule has 2 amide bonds. The Balaban J connectivity index is 1.79. The Kier molecular flexibility index (Phi) is 4.93. The van der Waals surface area contributed by atoms with Gasteiger partial charge >= 0.3 is 0 Å². The number of carbonyl (C=O) groups excluding carboxylic acids is 2. The Morgan fingerprint density at radius 1 is 1.12 bits per heavy atom. The maximum Gasteiger partial charge on any atom is 0.228 e. The molecule has 0 aliphatic rings. The summed E-state index contributed by atoms with van der Waals surface area (Å²) >= 11 is 0. The number of ether oxygens (including phenoxy) is 1. The first-order valence-electron chi connectivity index (χ1n) is 8.29. The minimum Gasteiger partial charge on any atom is -0.495 e. The second-order valence-corrected chi connectivity index (χ2v) is 6.10. The number of hydrogen-bond donors (Lipinski definition) is 3. The molecule has 1 aromatic heterocycles.